The van der Waals surface area contributed by atoms with Gasteiger partial charge < -0.3 is 15.8 Å². The maximum Gasteiger partial charge on any atom is 0.419 e. The van der Waals surface area contributed by atoms with Crippen LogP contribution in [0.25, 0.3) is 0 Å². The Morgan fingerprint density at radius 1 is 0.907 bits per heavy atom. The van der Waals surface area contributed by atoms with E-state index in [1.54, 1.807) is 18.6 Å². The zero-order chi connectivity index (χ0) is 31.1. The molecule has 0 aliphatic rings. The van der Waals surface area contributed by atoms with E-state index in [0.29, 0.717) is 44.5 Å². The van der Waals surface area contributed by atoms with E-state index in [2.05, 4.69) is 20.6 Å². The molecule has 0 radical (unpaired) electrons. The first-order valence-electron chi connectivity index (χ1n) is 15.9. The van der Waals surface area contributed by atoms with Crippen molar-refractivity contribution in [3.63, 3.8) is 0 Å². The first-order chi connectivity index (χ1) is 20.8. The SMILES string of the molecule is CC(=O)C(N)CCCCNC(=O)Cn1cc(CCC(=O)CCCCCCCCCCCCCOC(=O)n2ccnc2)nn1. The average Bonchev–Trinajstić information content (AvgIpc) is 3.68. The average molecular weight is 602 g/mol. The minimum Gasteiger partial charge on any atom is -0.449 e. The summed E-state index contributed by atoms with van der Waals surface area (Å²) in [6.45, 7) is 2.55. The van der Waals surface area contributed by atoms with Crippen LogP contribution in [0.1, 0.15) is 115 Å². The Kier molecular flexibility index (Phi) is 18.5. The summed E-state index contributed by atoms with van der Waals surface area (Å²) in [6.07, 6.45) is 22.1. The summed E-state index contributed by atoms with van der Waals surface area (Å²) in [5, 5.41) is 10.9. The number of carbonyl (C=O) groups is 4. The quantitative estimate of drug-likeness (QED) is 0.155. The molecule has 0 fully saturated rings. The van der Waals surface area contributed by atoms with Crippen molar-refractivity contribution in [2.24, 2.45) is 5.73 Å². The molecule has 240 valence electrons. The molecule has 2 rings (SSSR count). The summed E-state index contributed by atoms with van der Waals surface area (Å²) in [4.78, 5) is 51.0. The van der Waals surface area contributed by atoms with Crippen LogP contribution in [0.3, 0.4) is 0 Å². The monoisotopic (exact) mass is 601 g/mol. The van der Waals surface area contributed by atoms with Gasteiger partial charge in [-0.1, -0.05) is 63.0 Å². The largest absolute Gasteiger partial charge is 0.449 e. The number of aryl methyl sites for hydroxylation is 1. The number of Topliss-reactive ketones (excluding diaryl/α,β-unsaturated/α-hetero) is 2. The van der Waals surface area contributed by atoms with Crippen molar-refractivity contribution >= 4 is 23.6 Å². The van der Waals surface area contributed by atoms with Crippen molar-refractivity contribution in [2.45, 2.75) is 129 Å². The maximum absolute atomic E-state index is 12.3. The van der Waals surface area contributed by atoms with E-state index >= 15 is 0 Å². The van der Waals surface area contributed by atoms with Gasteiger partial charge in [0, 0.05) is 38.0 Å². The van der Waals surface area contributed by atoms with E-state index in [-0.39, 0.29) is 30.1 Å². The number of ether oxygens (including phenoxy) is 1. The fourth-order valence-corrected chi connectivity index (χ4v) is 4.66. The molecule has 2 heterocycles. The molecule has 3 N–H and O–H groups in total. The third-order valence-corrected chi connectivity index (χ3v) is 7.38. The zero-order valence-electron chi connectivity index (χ0n) is 25.9. The number of nitrogens with zero attached hydrogens (tertiary/aromatic N) is 5. The molecule has 1 unspecified atom stereocenters. The summed E-state index contributed by atoms with van der Waals surface area (Å²) in [5.41, 5.74) is 6.42. The topological polar surface area (TPSA) is 164 Å². The molecule has 0 aromatic carbocycles. The molecule has 0 bridgehead atoms. The molecule has 1 amide bonds. The van der Waals surface area contributed by atoms with Crippen molar-refractivity contribution in [1.82, 2.24) is 29.9 Å². The van der Waals surface area contributed by atoms with Crippen molar-refractivity contribution in [1.29, 1.82) is 0 Å². The van der Waals surface area contributed by atoms with Gasteiger partial charge in [-0.15, -0.1) is 5.10 Å². The summed E-state index contributed by atoms with van der Waals surface area (Å²) in [5.74, 6) is 0.0762. The van der Waals surface area contributed by atoms with Gasteiger partial charge in [0.1, 0.15) is 24.4 Å². The van der Waals surface area contributed by atoms with Crippen molar-refractivity contribution in [2.75, 3.05) is 13.2 Å². The Morgan fingerprint density at radius 2 is 1.58 bits per heavy atom. The Morgan fingerprint density at radius 3 is 2.23 bits per heavy atom. The highest BCUT2D eigenvalue weighted by Crippen LogP contribution is 2.13. The number of aromatic nitrogens is 5. The van der Waals surface area contributed by atoms with Crippen LogP contribution < -0.4 is 11.1 Å². The number of rotatable bonds is 25. The predicted octanol–water partition coefficient (Wildman–Crippen LogP) is 4.55. The number of unbranched alkanes of at least 4 members (excludes halogenated alkanes) is 11. The van der Waals surface area contributed by atoms with Gasteiger partial charge in [-0.05, 0) is 45.4 Å². The van der Waals surface area contributed by atoms with Crippen LogP contribution in [0.5, 0.6) is 0 Å². The lowest BCUT2D eigenvalue weighted by molar-refractivity contribution is -0.122. The van der Waals surface area contributed by atoms with Gasteiger partial charge in [-0.25, -0.2) is 19.0 Å². The fraction of sp³-hybridized carbons (Fsp3) is 0.710. The molecule has 2 aromatic heterocycles. The molecule has 0 aliphatic heterocycles. The lowest BCUT2D eigenvalue weighted by Gasteiger charge is -2.08. The number of hydrogen-bond donors (Lipinski definition) is 2. The van der Waals surface area contributed by atoms with Crippen LogP contribution in [0.2, 0.25) is 0 Å². The second kappa shape index (κ2) is 22.2. The Hall–Kier alpha value is -3.41. The Labute approximate surface area is 255 Å². The van der Waals surface area contributed by atoms with Crippen LogP contribution in [0.4, 0.5) is 4.79 Å². The molecular formula is C31H51N7O5. The maximum atomic E-state index is 12.3. The third kappa shape index (κ3) is 17.3. The molecule has 0 spiro atoms. The molecule has 43 heavy (non-hydrogen) atoms. The van der Waals surface area contributed by atoms with Crippen molar-refractivity contribution < 1.29 is 23.9 Å². The number of carbonyl (C=O) groups excluding carboxylic acids is 4. The molecule has 1 atom stereocenters. The number of nitrogens with one attached hydrogen (secondary N) is 1. The lowest BCUT2D eigenvalue weighted by atomic mass is 10.0. The standard InChI is InChI=1S/C31H51N7O5/c1-26(39)29(32)16-12-13-19-34-30(41)24-38-23-27(35-36-38)17-18-28(40)15-11-9-7-5-3-2-4-6-8-10-14-22-43-31(42)37-21-20-33-25-37/h20-21,23,25,29H,2-19,22,24,32H2,1H3,(H,34,41). The Balaban J connectivity index is 1.36. The molecule has 0 saturated carbocycles. The first-order valence-corrected chi connectivity index (χ1v) is 15.9. The molecule has 2 aromatic rings. The smallest absolute Gasteiger partial charge is 0.419 e. The van der Waals surface area contributed by atoms with Gasteiger partial charge in [0.25, 0.3) is 0 Å². The number of nitrogens with two attached hydrogens (primary N) is 1. The van der Waals surface area contributed by atoms with Crippen LogP contribution >= 0.6 is 0 Å². The first kappa shape index (κ1) is 35.8. The minimum absolute atomic E-state index is 0.0172. The summed E-state index contributed by atoms with van der Waals surface area (Å²) >= 11 is 0. The van der Waals surface area contributed by atoms with Gasteiger partial charge >= 0.3 is 6.09 Å². The van der Waals surface area contributed by atoms with Gasteiger partial charge in [0.05, 0.1) is 18.3 Å². The van der Waals surface area contributed by atoms with E-state index in [4.69, 9.17) is 10.5 Å². The molecule has 0 aliphatic carbocycles. The molecule has 12 heteroatoms. The molecule has 0 saturated heterocycles. The number of ketones is 2. The zero-order valence-corrected chi connectivity index (χ0v) is 25.9. The minimum atomic E-state index is -0.424. The summed E-state index contributed by atoms with van der Waals surface area (Å²) < 4.78 is 8.03. The highest BCUT2D eigenvalue weighted by molar-refractivity contribution is 5.81. The van der Waals surface area contributed by atoms with Crippen LogP contribution in [0, 0.1) is 0 Å². The van der Waals surface area contributed by atoms with E-state index in [0.717, 1.165) is 51.4 Å². The lowest BCUT2D eigenvalue weighted by Crippen LogP contribution is -2.30. The van der Waals surface area contributed by atoms with Crippen molar-refractivity contribution in [3.8, 4) is 0 Å². The highest BCUT2D eigenvalue weighted by Gasteiger charge is 2.10. The van der Waals surface area contributed by atoms with Crippen LogP contribution in [-0.4, -0.2) is 67.3 Å². The molecular weight excluding hydrogens is 550 g/mol. The van der Waals surface area contributed by atoms with Gasteiger partial charge in [-0.2, -0.15) is 0 Å². The van der Waals surface area contributed by atoms with E-state index < -0.39 is 6.04 Å². The van der Waals surface area contributed by atoms with Crippen LogP contribution in [0.15, 0.2) is 24.9 Å². The normalized spacial score (nSPS) is 11.8. The molecule has 12 nitrogen and oxygen atoms in total. The second-order valence-corrected chi connectivity index (χ2v) is 11.2. The highest BCUT2D eigenvalue weighted by atomic mass is 16.5. The number of hydrogen-bond acceptors (Lipinski definition) is 9. The van der Waals surface area contributed by atoms with Gasteiger partial charge in [0.15, 0.2) is 0 Å². The van der Waals surface area contributed by atoms with Crippen molar-refractivity contribution in [3.05, 3.63) is 30.6 Å². The van der Waals surface area contributed by atoms with E-state index in [1.807, 2.05) is 0 Å². The van der Waals surface area contributed by atoms with E-state index in [1.165, 1.54) is 54.6 Å². The fourth-order valence-electron chi connectivity index (χ4n) is 4.66. The third-order valence-electron chi connectivity index (χ3n) is 7.38. The second-order valence-electron chi connectivity index (χ2n) is 11.2. The predicted molar refractivity (Wildman–Crippen MR) is 163 cm³/mol. The summed E-state index contributed by atoms with van der Waals surface area (Å²) in [6, 6.07) is -0.424. The Bertz CT molecular complexity index is 1070. The van der Waals surface area contributed by atoms with Crippen LogP contribution in [-0.2, 0) is 32.1 Å². The van der Waals surface area contributed by atoms with E-state index in [9.17, 15) is 19.2 Å². The van der Waals surface area contributed by atoms with Gasteiger partial charge in [0.2, 0.25) is 5.91 Å². The number of amides is 1. The van der Waals surface area contributed by atoms with Gasteiger partial charge in [-0.3, -0.25) is 14.4 Å². The summed E-state index contributed by atoms with van der Waals surface area (Å²) in [7, 11) is 0. The number of imidazole rings is 1.